The van der Waals surface area contributed by atoms with Gasteiger partial charge in [-0.25, -0.2) is 0 Å². The van der Waals surface area contributed by atoms with Gasteiger partial charge in [-0.15, -0.1) is 0 Å². The van der Waals surface area contributed by atoms with Gasteiger partial charge in [0.05, 0.1) is 5.92 Å². The van der Waals surface area contributed by atoms with Crippen molar-refractivity contribution in [1.82, 2.24) is 5.32 Å². The maximum absolute atomic E-state index is 12.9. The topological polar surface area (TPSA) is 12.0 Å². The lowest BCUT2D eigenvalue weighted by atomic mass is 9.86. The Hall–Kier alpha value is -0.510. The van der Waals surface area contributed by atoms with Crippen LogP contribution < -0.4 is 5.32 Å². The third-order valence-corrected chi connectivity index (χ3v) is 4.43. The van der Waals surface area contributed by atoms with Gasteiger partial charge in [-0.05, 0) is 50.1 Å². The molecule has 0 aromatic rings. The second-order valence-corrected chi connectivity index (χ2v) is 5.94. The van der Waals surface area contributed by atoms with Crippen molar-refractivity contribution in [2.75, 3.05) is 13.1 Å². The summed E-state index contributed by atoms with van der Waals surface area (Å²) >= 11 is 0. The molecule has 0 aromatic heterocycles. The monoisotopic (exact) mass is 275 g/mol. The molecule has 0 aliphatic heterocycles. The molecule has 2 aliphatic carbocycles. The van der Waals surface area contributed by atoms with Crippen LogP contribution in [0, 0.1) is 11.8 Å². The van der Waals surface area contributed by atoms with Crippen molar-refractivity contribution in [1.29, 1.82) is 0 Å². The lowest BCUT2D eigenvalue weighted by Gasteiger charge is -2.28. The molecule has 1 atom stereocenters. The summed E-state index contributed by atoms with van der Waals surface area (Å²) in [5, 5.41) is 3.26. The maximum Gasteiger partial charge on any atom is 0.395 e. The van der Waals surface area contributed by atoms with Crippen molar-refractivity contribution in [3.05, 3.63) is 11.6 Å². The van der Waals surface area contributed by atoms with E-state index in [4.69, 9.17) is 0 Å². The average molecular weight is 275 g/mol. The van der Waals surface area contributed by atoms with Crippen LogP contribution in [0.25, 0.3) is 0 Å². The van der Waals surface area contributed by atoms with Crippen LogP contribution in [0.4, 0.5) is 13.2 Å². The largest absolute Gasteiger partial charge is 0.395 e. The number of halogens is 3. The van der Waals surface area contributed by atoms with E-state index in [1.807, 2.05) is 0 Å². The van der Waals surface area contributed by atoms with Crippen LogP contribution in [0.2, 0.25) is 0 Å². The molecule has 0 aromatic carbocycles. The predicted octanol–water partition coefficient (Wildman–Crippen LogP) is 4.45. The van der Waals surface area contributed by atoms with Gasteiger partial charge in [-0.2, -0.15) is 13.2 Å². The first kappa shape index (κ1) is 14.9. The number of allylic oxidation sites excluding steroid dienone is 1. The third kappa shape index (κ3) is 4.51. The van der Waals surface area contributed by atoms with E-state index in [2.05, 4.69) is 5.32 Å². The first-order valence-electron chi connectivity index (χ1n) is 7.53. The molecular formula is C15H24F3N. The smallest absolute Gasteiger partial charge is 0.313 e. The molecule has 2 rings (SSSR count). The fraction of sp³-hybridized carbons (Fsp3) is 0.867. The number of nitrogens with one attached hydrogen (secondary N) is 1. The van der Waals surface area contributed by atoms with Crippen LogP contribution in [0.3, 0.4) is 0 Å². The molecule has 0 amide bonds. The van der Waals surface area contributed by atoms with Crippen molar-refractivity contribution in [2.24, 2.45) is 11.8 Å². The molecule has 1 N–H and O–H groups in total. The molecule has 0 saturated heterocycles. The lowest BCUT2D eigenvalue weighted by molar-refractivity contribution is -0.167. The molecule has 1 fully saturated rings. The number of hydrogen-bond acceptors (Lipinski definition) is 1. The van der Waals surface area contributed by atoms with Crippen LogP contribution >= 0.6 is 0 Å². The molecule has 1 unspecified atom stereocenters. The van der Waals surface area contributed by atoms with Crippen LogP contribution in [0.5, 0.6) is 0 Å². The Morgan fingerprint density at radius 2 is 1.79 bits per heavy atom. The molecule has 0 bridgehead atoms. The van der Waals surface area contributed by atoms with Gasteiger partial charge in [0, 0.05) is 6.54 Å². The Kier molecular flexibility index (Phi) is 5.31. The highest BCUT2D eigenvalue weighted by Gasteiger charge is 2.41. The molecule has 2 aliphatic rings. The second kappa shape index (κ2) is 6.78. The second-order valence-electron chi connectivity index (χ2n) is 5.94. The van der Waals surface area contributed by atoms with Crippen molar-refractivity contribution < 1.29 is 13.2 Å². The SMILES string of the molecule is FC(F)(F)C1CCCC=C1CNCC1CCCCC1. The van der Waals surface area contributed by atoms with Crippen molar-refractivity contribution in [3.63, 3.8) is 0 Å². The molecule has 4 heteroatoms. The summed E-state index contributed by atoms with van der Waals surface area (Å²) in [7, 11) is 0. The maximum atomic E-state index is 12.9. The quantitative estimate of drug-likeness (QED) is 0.748. The van der Waals surface area contributed by atoms with E-state index in [1.54, 1.807) is 6.08 Å². The third-order valence-electron chi connectivity index (χ3n) is 4.43. The van der Waals surface area contributed by atoms with E-state index < -0.39 is 12.1 Å². The zero-order valence-electron chi connectivity index (χ0n) is 11.4. The molecule has 1 nitrogen and oxygen atoms in total. The fourth-order valence-electron chi connectivity index (χ4n) is 3.32. The highest BCUT2D eigenvalue weighted by Crippen LogP contribution is 2.38. The van der Waals surface area contributed by atoms with Gasteiger partial charge in [0.25, 0.3) is 0 Å². The zero-order chi connectivity index (χ0) is 13.7. The van der Waals surface area contributed by atoms with E-state index in [0.29, 0.717) is 24.5 Å². The predicted molar refractivity (Wildman–Crippen MR) is 70.9 cm³/mol. The first-order chi connectivity index (χ1) is 9.07. The van der Waals surface area contributed by atoms with Crippen LogP contribution in [0.15, 0.2) is 11.6 Å². The van der Waals surface area contributed by atoms with E-state index in [0.717, 1.165) is 13.0 Å². The van der Waals surface area contributed by atoms with Gasteiger partial charge in [-0.3, -0.25) is 0 Å². The lowest BCUT2D eigenvalue weighted by Crippen LogP contribution is -2.33. The van der Waals surface area contributed by atoms with Crippen LogP contribution in [0.1, 0.15) is 51.4 Å². The van der Waals surface area contributed by atoms with Crippen molar-refractivity contribution in [3.8, 4) is 0 Å². The van der Waals surface area contributed by atoms with Gasteiger partial charge in [0.15, 0.2) is 0 Å². The highest BCUT2D eigenvalue weighted by atomic mass is 19.4. The minimum absolute atomic E-state index is 0.264. The average Bonchev–Trinajstić information content (AvgIpc) is 2.39. The number of alkyl halides is 3. The normalized spacial score (nSPS) is 26.3. The number of rotatable bonds is 4. The van der Waals surface area contributed by atoms with E-state index in [-0.39, 0.29) is 6.42 Å². The Morgan fingerprint density at radius 1 is 1.05 bits per heavy atom. The Labute approximate surface area is 113 Å². The first-order valence-corrected chi connectivity index (χ1v) is 7.53. The van der Waals surface area contributed by atoms with Crippen LogP contribution in [-0.2, 0) is 0 Å². The molecule has 0 radical (unpaired) electrons. The molecule has 0 spiro atoms. The molecule has 1 saturated carbocycles. The fourth-order valence-corrected chi connectivity index (χ4v) is 3.32. The summed E-state index contributed by atoms with van der Waals surface area (Å²) in [6.07, 6.45) is 5.79. The minimum atomic E-state index is -4.07. The van der Waals surface area contributed by atoms with Gasteiger partial charge in [0.2, 0.25) is 0 Å². The minimum Gasteiger partial charge on any atom is -0.313 e. The van der Waals surface area contributed by atoms with Gasteiger partial charge >= 0.3 is 6.18 Å². The van der Waals surface area contributed by atoms with E-state index >= 15 is 0 Å². The van der Waals surface area contributed by atoms with Crippen molar-refractivity contribution in [2.45, 2.75) is 57.5 Å². The molecular weight excluding hydrogens is 251 g/mol. The van der Waals surface area contributed by atoms with Gasteiger partial charge in [0.1, 0.15) is 0 Å². The van der Waals surface area contributed by atoms with Crippen molar-refractivity contribution >= 4 is 0 Å². The summed E-state index contributed by atoms with van der Waals surface area (Å²) in [6, 6.07) is 0. The van der Waals surface area contributed by atoms with Crippen LogP contribution in [-0.4, -0.2) is 19.3 Å². The van der Waals surface area contributed by atoms with Gasteiger partial charge in [-0.1, -0.05) is 25.3 Å². The summed E-state index contributed by atoms with van der Waals surface area (Å²) < 4.78 is 38.7. The summed E-state index contributed by atoms with van der Waals surface area (Å²) in [5.41, 5.74) is 0.564. The van der Waals surface area contributed by atoms with E-state index in [1.165, 1.54) is 32.1 Å². The summed E-state index contributed by atoms with van der Waals surface area (Å²) in [5.74, 6) is -0.539. The highest BCUT2D eigenvalue weighted by molar-refractivity contribution is 5.14. The molecule has 19 heavy (non-hydrogen) atoms. The summed E-state index contributed by atoms with van der Waals surface area (Å²) in [4.78, 5) is 0. The zero-order valence-corrected chi connectivity index (χ0v) is 11.4. The Bertz CT molecular complexity index is 303. The van der Waals surface area contributed by atoms with Gasteiger partial charge < -0.3 is 5.32 Å². The molecule has 0 heterocycles. The Morgan fingerprint density at radius 3 is 2.47 bits per heavy atom. The standard InChI is InChI=1S/C15H24F3N/c16-15(17,18)14-9-5-4-8-13(14)11-19-10-12-6-2-1-3-7-12/h8,12,14,19H,1-7,9-11H2. The van der Waals surface area contributed by atoms with E-state index in [9.17, 15) is 13.2 Å². The number of hydrogen-bond donors (Lipinski definition) is 1. The Balaban J connectivity index is 1.78. The summed E-state index contributed by atoms with van der Waals surface area (Å²) in [6.45, 7) is 1.29. The molecule has 110 valence electrons.